The van der Waals surface area contributed by atoms with Gasteiger partial charge in [0, 0.05) is 10.6 Å². The van der Waals surface area contributed by atoms with Crippen molar-refractivity contribution in [3.8, 4) is 0 Å². The molecule has 0 saturated carbocycles. The molecule has 0 bridgehead atoms. The van der Waals surface area contributed by atoms with E-state index in [9.17, 15) is 13.2 Å². The molecule has 2 rings (SSSR count). The average Bonchev–Trinajstić information content (AvgIpc) is 2.91. The summed E-state index contributed by atoms with van der Waals surface area (Å²) in [4.78, 5) is 13.1. The van der Waals surface area contributed by atoms with Gasteiger partial charge in [0.25, 0.3) is 0 Å². The van der Waals surface area contributed by atoms with Gasteiger partial charge in [-0.25, -0.2) is 8.42 Å². The maximum atomic E-state index is 12.0. The highest BCUT2D eigenvalue weighted by Crippen LogP contribution is 2.19. The molecule has 0 saturated heterocycles. The Morgan fingerprint density at radius 1 is 1.19 bits per heavy atom. The van der Waals surface area contributed by atoms with E-state index in [1.807, 2.05) is 17.5 Å². The zero-order valence-corrected chi connectivity index (χ0v) is 13.5. The van der Waals surface area contributed by atoms with Gasteiger partial charge in [-0.15, -0.1) is 11.3 Å². The third-order valence-electron chi connectivity index (χ3n) is 3.00. The zero-order chi connectivity index (χ0) is 15.5. The van der Waals surface area contributed by atoms with Gasteiger partial charge in [-0.05, 0) is 49.6 Å². The van der Waals surface area contributed by atoms with Crippen molar-refractivity contribution in [1.82, 2.24) is 0 Å². The molecule has 1 aromatic carbocycles. The van der Waals surface area contributed by atoms with Crippen LogP contribution >= 0.6 is 11.3 Å². The Hall–Kier alpha value is -1.66. The summed E-state index contributed by atoms with van der Waals surface area (Å²) in [5.74, 6) is -0.114. The molecule has 0 radical (unpaired) electrons. The zero-order valence-electron chi connectivity index (χ0n) is 11.9. The Kier molecular flexibility index (Phi) is 4.80. The number of sulfone groups is 1. The van der Waals surface area contributed by atoms with Gasteiger partial charge < -0.3 is 5.32 Å². The van der Waals surface area contributed by atoms with Crippen molar-refractivity contribution < 1.29 is 13.2 Å². The van der Waals surface area contributed by atoms with Crippen LogP contribution in [0.3, 0.4) is 0 Å². The van der Waals surface area contributed by atoms with E-state index in [4.69, 9.17) is 0 Å². The van der Waals surface area contributed by atoms with Crippen molar-refractivity contribution >= 4 is 32.8 Å². The number of rotatable bonds is 5. The van der Waals surface area contributed by atoms with E-state index in [0.29, 0.717) is 12.1 Å². The molecule has 2 aromatic rings. The Bertz CT molecular complexity index is 702. The van der Waals surface area contributed by atoms with Crippen LogP contribution in [0.5, 0.6) is 0 Å². The van der Waals surface area contributed by atoms with Crippen molar-refractivity contribution in [1.29, 1.82) is 0 Å². The Morgan fingerprint density at radius 3 is 2.38 bits per heavy atom. The minimum Gasteiger partial charge on any atom is -0.326 e. The lowest BCUT2D eigenvalue weighted by Gasteiger charge is -2.09. The topological polar surface area (TPSA) is 63.2 Å². The number of nitrogens with one attached hydrogen (secondary N) is 1. The molecule has 0 aliphatic carbocycles. The minimum atomic E-state index is -3.27. The van der Waals surface area contributed by atoms with E-state index in [1.54, 1.807) is 26.0 Å². The molecule has 0 atom stereocenters. The quantitative estimate of drug-likeness (QED) is 0.919. The molecule has 6 heteroatoms. The predicted molar refractivity (Wildman–Crippen MR) is 85.4 cm³/mol. The van der Waals surface area contributed by atoms with Crippen LogP contribution in [0.4, 0.5) is 5.69 Å². The average molecular weight is 323 g/mol. The highest BCUT2D eigenvalue weighted by atomic mass is 32.2. The van der Waals surface area contributed by atoms with Crippen molar-refractivity contribution in [3.63, 3.8) is 0 Å². The first kappa shape index (κ1) is 15.7. The lowest BCUT2D eigenvalue weighted by Crippen LogP contribution is -2.15. The molecule has 1 amide bonds. The standard InChI is InChI=1S/C15H17NO3S2/c1-11(2)21(18,19)14-7-5-12(6-8-14)16-15(17)10-13-4-3-9-20-13/h3-9,11H,10H2,1-2H3,(H,16,17). The lowest BCUT2D eigenvalue weighted by molar-refractivity contribution is -0.115. The van der Waals surface area contributed by atoms with Crippen LogP contribution < -0.4 is 5.32 Å². The number of hydrogen-bond acceptors (Lipinski definition) is 4. The van der Waals surface area contributed by atoms with Crippen LogP contribution in [-0.4, -0.2) is 19.6 Å². The lowest BCUT2D eigenvalue weighted by atomic mass is 10.3. The molecule has 0 fully saturated rings. The number of hydrogen-bond donors (Lipinski definition) is 1. The number of carbonyl (C=O) groups excluding carboxylic acids is 1. The van der Waals surface area contributed by atoms with E-state index in [2.05, 4.69) is 5.32 Å². The van der Waals surface area contributed by atoms with E-state index < -0.39 is 15.1 Å². The number of amides is 1. The Morgan fingerprint density at radius 2 is 1.86 bits per heavy atom. The summed E-state index contributed by atoms with van der Waals surface area (Å²) in [6.07, 6.45) is 0.323. The van der Waals surface area contributed by atoms with Gasteiger partial charge in [-0.3, -0.25) is 4.79 Å². The normalized spacial score (nSPS) is 11.6. The maximum Gasteiger partial charge on any atom is 0.229 e. The molecule has 0 unspecified atom stereocenters. The summed E-state index contributed by atoms with van der Waals surface area (Å²) < 4.78 is 24.0. The monoisotopic (exact) mass is 323 g/mol. The van der Waals surface area contributed by atoms with Crippen molar-refractivity contribution in [2.24, 2.45) is 0 Å². The fraction of sp³-hybridized carbons (Fsp3) is 0.267. The van der Waals surface area contributed by atoms with Gasteiger partial charge in [0.15, 0.2) is 9.84 Å². The summed E-state index contributed by atoms with van der Waals surface area (Å²) in [6.45, 7) is 3.29. The van der Waals surface area contributed by atoms with Crippen molar-refractivity contribution in [2.75, 3.05) is 5.32 Å². The second-order valence-corrected chi connectivity index (χ2v) is 8.46. The smallest absolute Gasteiger partial charge is 0.229 e. The highest BCUT2D eigenvalue weighted by molar-refractivity contribution is 7.92. The minimum absolute atomic E-state index is 0.114. The number of anilines is 1. The molecule has 0 aliphatic heterocycles. The van der Waals surface area contributed by atoms with Crippen molar-refractivity contribution in [3.05, 3.63) is 46.7 Å². The first-order chi connectivity index (χ1) is 9.89. The maximum absolute atomic E-state index is 12.0. The van der Waals surface area contributed by atoms with Crippen LogP contribution in [0.2, 0.25) is 0 Å². The second kappa shape index (κ2) is 6.41. The van der Waals surface area contributed by atoms with Crippen LogP contribution in [0.15, 0.2) is 46.7 Å². The van der Waals surface area contributed by atoms with Gasteiger partial charge in [-0.2, -0.15) is 0 Å². The number of thiophene rings is 1. The van der Waals surface area contributed by atoms with Gasteiger partial charge in [0.1, 0.15) is 0 Å². The molecule has 1 heterocycles. The van der Waals surface area contributed by atoms with Gasteiger partial charge in [-0.1, -0.05) is 6.07 Å². The van der Waals surface area contributed by atoms with Gasteiger partial charge in [0.05, 0.1) is 16.6 Å². The molecule has 0 spiro atoms. The molecule has 1 N–H and O–H groups in total. The van der Waals surface area contributed by atoms with E-state index in [0.717, 1.165) is 4.88 Å². The van der Waals surface area contributed by atoms with Crippen LogP contribution in [0.1, 0.15) is 18.7 Å². The first-order valence-electron chi connectivity index (χ1n) is 6.56. The summed E-state index contributed by atoms with van der Waals surface area (Å²) in [7, 11) is -3.27. The molecule has 1 aromatic heterocycles. The number of carbonyl (C=O) groups is 1. The second-order valence-electron chi connectivity index (χ2n) is 4.92. The number of benzene rings is 1. The van der Waals surface area contributed by atoms with Crippen LogP contribution in [0, 0.1) is 0 Å². The SMILES string of the molecule is CC(C)S(=O)(=O)c1ccc(NC(=O)Cc2cccs2)cc1. The largest absolute Gasteiger partial charge is 0.326 e. The fourth-order valence-electron chi connectivity index (χ4n) is 1.78. The third kappa shape index (κ3) is 3.92. The Labute approximate surface area is 128 Å². The summed E-state index contributed by atoms with van der Waals surface area (Å²) in [5.41, 5.74) is 0.597. The summed E-state index contributed by atoms with van der Waals surface area (Å²) >= 11 is 1.53. The molecule has 4 nitrogen and oxygen atoms in total. The summed E-state index contributed by atoms with van der Waals surface area (Å²) in [6, 6.07) is 10.1. The van der Waals surface area contributed by atoms with Gasteiger partial charge >= 0.3 is 0 Å². The van der Waals surface area contributed by atoms with Crippen LogP contribution in [0.25, 0.3) is 0 Å². The summed E-state index contributed by atoms with van der Waals surface area (Å²) in [5, 5.41) is 4.22. The fourth-order valence-corrected chi connectivity index (χ4v) is 3.54. The molecule has 0 aliphatic rings. The molecular formula is C15H17NO3S2. The van der Waals surface area contributed by atoms with Crippen LogP contribution in [-0.2, 0) is 21.1 Å². The molecule has 21 heavy (non-hydrogen) atoms. The highest BCUT2D eigenvalue weighted by Gasteiger charge is 2.18. The molecular weight excluding hydrogens is 306 g/mol. The van der Waals surface area contributed by atoms with E-state index in [-0.39, 0.29) is 10.8 Å². The predicted octanol–water partition coefficient (Wildman–Crippen LogP) is 3.11. The Balaban J connectivity index is 2.04. The van der Waals surface area contributed by atoms with E-state index >= 15 is 0 Å². The van der Waals surface area contributed by atoms with Crippen molar-refractivity contribution in [2.45, 2.75) is 30.4 Å². The molecule has 112 valence electrons. The van der Waals surface area contributed by atoms with E-state index in [1.165, 1.54) is 23.5 Å². The van der Waals surface area contributed by atoms with Gasteiger partial charge in [0.2, 0.25) is 5.91 Å². The first-order valence-corrected chi connectivity index (χ1v) is 8.98. The third-order valence-corrected chi connectivity index (χ3v) is 6.05.